The zero-order valence-corrected chi connectivity index (χ0v) is 21.6. The third-order valence-corrected chi connectivity index (χ3v) is 6.40. The summed E-state index contributed by atoms with van der Waals surface area (Å²) >= 11 is 0.703. The molecule has 0 saturated heterocycles. The van der Waals surface area contributed by atoms with Gasteiger partial charge in [0.2, 0.25) is 5.43 Å². The summed E-state index contributed by atoms with van der Waals surface area (Å²) in [5.74, 6) is -0.776. The highest BCUT2D eigenvalue weighted by Gasteiger charge is 2.34. The van der Waals surface area contributed by atoms with Gasteiger partial charge in [-0.2, -0.15) is 13.2 Å². The van der Waals surface area contributed by atoms with Crippen molar-refractivity contribution in [3.63, 3.8) is 0 Å². The Balaban J connectivity index is 1.76. The summed E-state index contributed by atoms with van der Waals surface area (Å²) in [6.07, 6.45) is -2.10. The van der Waals surface area contributed by atoms with Crippen LogP contribution in [0.15, 0.2) is 52.9 Å². The smallest absolute Gasteiger partial charge is 0.383 e. The van der Waals surface area contributed by atoms with Crippen LogP contribution in [0, 0.1) is 0 Å². The van der Waals surface area contributed by atoms with E-state index in [4.69, 9.17) is 4.74 Å². The Hall–Kier alpha value is -4.30. The van der Waals surface area contributed by atoms with E-state index in [9.17, 15) is 27.6 Å². The Morgan fingerprint density at radius 3 is 2.64 bits per heavy atom. The molecule has 3 aromatic heterocycles. The number of thiazole rings is 1. The van der Waals surface area contributed by atoms with Gasteiger partial charge in [0.15, 0.2) is 5.69 Å². The third kappa shape index (κ3) is 6.23. The first-order chi connectivity index (χ1) is 18.6. The highest BCUT2D eigenvalue weighted by atomic mass is 32.1. The number of methoxy groups -OCH3 is 1. The van der Waals surface area contributed by atoms with E-state index in [0.717, 1.165) is 5.38 Å². The van der Waals surface area contributed by atoms with Crippen LogP contribution in [0.3, 0.4) is 0 Å². The summed E-state index contributed by atoms with van der Waals surface area (Å²) in [6.45, 7) is 2.74. The second-order valence-corrected chi connectivity index (χ2v) is 9.02. The molecule has 3 amide bonds. The molecule has 0 aliphatic carbocycles. The minimum absolute atomic E-state index is 0.000485. The monoisotopic (exact) mass is 560 g/mol. The number of nitrogens with one attached hydrogen (secondary N) is 3. The van der Waals surface area contributed by atoms with E-state index in [-0.39, 0.29) is 27.6 Å². The molecule has 204 valence electrons. The fraction of sp³-hybridized carbons (Fsp3) is 0.240. The summed E-state index contributed by atoms with van der Waals surface area (Å²) < 4.78 is 46.6. The predicted octanol–water partition coefficient (Wildman–Crippen LogP) is 4.58. The SMILES string of the molecule is CCNC(=O)Nc1cc(-c2nc(C(F)(F)F)cs2)c(NC(=O)c2cn(CCOC)c3ccccc3c2=O)cn1. The molecule has 0 radical (unpaired) electrons. The van der Waals surface area contributed by atoms with Crippen LogP contribution >= 0.6 is 11.3 Å². The molecule has 3 heterocycles. The van der Waals surface area contributed by atoms with Crippen molar-refractivity contribution in [2.75, 3.05) is 30.9 Å². The second kappa shape index (κ2) is 11.6. The van der Waals surface area contributed by atoms with Crippen LogP contribution in [0.25, 0.3) is 21.5 Å². The van der Waals surface area contributed by atoms with E-state index >= 15 is 0 Å². The molecular weight excluding hydrogens is 537 g/mol. The number of rotatable bonds is 8. The third-order valence-electron chi connectivity index (χ3n) is 5.52. The highest BCUT2D eigenvalue weighted by molar-refractivity contribution is 7.13. The molecule has 4 rings (SSSR count). The molecular formula is C25H23F3N6O4S. The van der Waals surface area contributed by atoms with Gasteiger partial charge in [-0.1, -0.05) is 12.1 Å². The fourth-order valence-electron chi connectivity index (χ4n) is 3.72. The number of carbonyl (C=O) groups is 2. The van der Waals surface area contributed by atoms with Gasteiger partial charge in [-0.3, -0.25) is 14.9 Å². The number of amides is 3. The van der Waals surface area contributed by atoms with Crippen LogP contribution in [-0.2, 0) is 17.5 Å². The van der Waals surface area contributed by atoms with Crippen LogP contribution < -0.4 is 21.4 Å². The maximum Gasteiger partial charge on any atom is 0.434 e. The van der Waals surface area contributed by atoms with Crippen LogP contribution in [0.1, 0.15) is 23.0 Å². The topological polar surface area (TPSA) is 127 Å². The Bertz CT molecular complexity index is 1580. The molecule has 1 aromatic carbocycles. The first kappa shape index (κ1) is 27.7. The first-order valence-electron chi connectivity index (χ1n) is 11.6. The van der Waals surface area contributed by atoms with Gasteiger partial charge in [-0.05, 0) is 25.1 Å². The van der Waals surface area contributed by atoms with Crippen molar-refractivity contribution in [3.8, 4) is 10.6 Å². The van der Waals surface area contributed by atoms with E-state index in [1.54, 1.807) is 35.8 Å². The number of carbonyl (C=O) groups excluding carboxylic acids is 2. The molecule has 0 spiro atoms. The average Bonchev–Trinajstić information content (AvgIpc) is 3.40. The van der Waals surface area contributed by atoms with Crippen molar-refractivity contribution < 1.29 is 27.5 Å². The Morgan fingerprint density at radius 2 is 1.95 bits per heavy atom. The van der Waals surface area contributed by atoms with Crippen LogP contribution in [0.5, 0.6) is 0 Å². The molecule has 0 unspecified atom stereocenters. The number of pyridine rings is 2. The van der Waals surface area contributed by atoms with Crippen LogP contribution in [-0.4, -0.2) is 46.7 Å². The number of hydrogen-bond donors (Lipinski definition) is 3. The van der Waals surface area contributed by atoms with Gasteiger partial charge >= 0.3 is 12.2 Å². The van der Waals surface area contributed by atoms with Gasteiger partial charge in [0.05, 0.1) is 24.0 Å². The standard InChI is InChI=1S/C25H23F3N6O4S/c1-3-29-24(37)33-20-10-15(23-32-19(13-39-23)25(26,27)28)17(11-30-20)31-22(36)16-12-34(8-9-38-2)18-7-5-4-6-14(18)21(16)35/h4-7,10-13H,3,8-9H2,1-2H3,(H,31,36)(H2,29,30,33,37). The zero-order chi connectivity index (χ0) is 28.2. The van der Waals surface area contributed by atoms with E-state index in [2.05, 4.69) is 25.9 Å². The normalized spacial score (nSPS) is 11.4. The van der Waals surface area contributed by atoms with E-state index in [0.29, 0.717) is 41.9 Å². The Kier molecular flexibility index (Phi) is 8.26. The van der Waals surface area contributed by atoms with Crippen molar-refractivity contribution in [1.29, 1.82) is 0 Å². The number of aromatic nitrogens is 3. The van der Waals surface area contributed by atoms with E-state index in [1.807, 2.05) is 0 Å². The lowest BCUT2D eigenvalue weighted by atomic mass is 10.1. The number of benzene rings is 1. The number of para-hydroxylation sites is 1. The maximum atomic E-state index is 13.3. The number of fused-ring (bicyclic) bond motifs is 1. The lowest BCUT2D eigenvalue weighted by Crippen LogP contribution is -2.28. The largest absolute Gasteiger partial charge is 0.434 e. The highest BCUT2D eigenvalue weighted by Crippen LogP contribution is 2.37. The van der Waals surface area contributed by atoms with E-state index in [1.165, 1.54) is 25.6 Å². The Morgan fingerprint density at radius 1 is 1.18 bits per heavy atom. The van der Waals surface area contributed by atoms with E-state index < -0.39 is 29.2 Å². The van der Waals surface area contributed by atoms with Crippen molar-refractivity contribution in [2.45, 2.75) is 19.6 Å². The van der Waals surface area contributed by atoms with Gasteiger partial charge in [0, 0.05) is 42.7 Å². The van der Waals surface area contributed by atoms with Crippen molar-refractivity contribution in [3.05, 3.63) is 69.6 Å². The molecule has 0 bridgehead atoms. The molecule has 10 nitrogen and oxygen atoms in total. The average molecular weight is 561 g/mol. The lowest BCUT2D eigenvalue weighted by Gasteiger charge is -2.15. The number of halogens is 3. The van der Waals surface area contributed by atoms with Crippen LogP contribution in [0.4, 0.5) is 29.5 Å². The molecule has 3 N–H and O–H groups in total. The van der Waals surface area contributed by atoms with Gasteiger partial charge in [0.25, 0.3) is 5.91 Å². The van der Waals surface area contributed by atoms with Crippen LogP contribution in [0.2, 0.25) is 0 Å². The molecule has 0 atom stereocenters. The van der Waals surface area contributed by atoms with Crippen molar-refractivity contribution in [2.24, 2.45) is 0 Å². The van der Waals surface area contributed by atoms with Crippen molar-refractivity contribution >= 4 is 45.7 Å². The van der Waals surface area contributed by atoms with Gasteiger partial charge < -0.3 is 19.9 Å². The molecule has 39 heavy (non-hydrogen) atoms. The molecule has 4 aromatic rings. The summed E-state index contributed by atoms with van der Waals surface area (Å²) in [4.78, 5) is 46.2. The minimum Gasteiger partial charge on any atom is -0.383 e. The summed E-state index contributed by atoms with van der Waals surface area (Å²) in [5.41, 5.74) is -1.12. The van der Waals surface area contributed by atoms with Crippen molar-refractivity contribution in [1.82, 2.24) is 19.9 Å². The minimum atomic E-state index is -4.67. The molecule has 0 saturated carbocycles. The number of urea groups is 1. The molecule has 0 fully saturated rings. The number of ether oxygens (including phenoxy) is 1. The number of anilines is 2. The Labute approximate surface area is 223 Å². The quantitative estimate of drug-likeness (QED) is 0.290. The predicted molar refractivity (Wildman–Crippen MR) is 141 cm³/mol. The lowest BCUT2D eigenvalue weighted by molar-refractivity contribution is -0.140. The fourth-order valence-corrected chi connectivity index (χ4v) is 4.58. The second-order valence-electron chi connectivity index (χ2n) is 8.16. The van der Waals surface area contributed by atoms with Gasteiger partial charge in [0.1, 0.15) is 16.4 Å². The number of hydrogen-bond acceptors (Lipinski definition) is 7. The molecule has 14 heteroatoms. The summed E-state index contributed by atoms with van der Waals surface area (Å²) in [5, 5.41) is 8.66. The number of alkyl halides is 3. The first-order valence-corrected chi connectivity index (χ1v) is 12.5. The maximum absolute atomic E-state index is 13.3. The number of nitrogens with zero attached hydrogens (tertiary/aromatic N) is 3. The van der Waals surface area contributed by atoms with Gasteiger partial charge in [-0.15, -0.1) is 11.3 Å². The summed E-state index contributed by atoms with van der Waals surface area (Å²) in [7, 11) is 1.53. The van der Waals surface area contributed by atoms with Gasteiger partial charge in [-0.25, -0.2) is 14.8 Å². The summed E-state index contributed by atoms with van der Waals surface area (Å²) in [6, 6.07) is 7.51. The zero-order valence-electron chi connectivity index (χ0n) is 20.8. The molecule has 0 aliphatic heterocycles. The molecule has 0 aliphatic rings.